The van der Waals surface area contributed by atoms with E-state index in [0.29, 0.717) is 11.3 Å². The minimum atomic E-state index is -1.80. The topological polar surface area (TPSA) is 29.5 Å². The summed E-state index contributed by atoms with van der Waals surface area (Å²) in [6.45, 7) is 10.4. The Kier molecular flexibility index (Phi) is 4.20. The maximum atomic E-state index is 10.4. The molecule has 0 radical (unpaired) electrons. The quantitative estimate of drug-likeness (QED) is 0.466. The van der Waals surface area contributed by atoms with E-state index < -0.39 is 8.32 Å². The molecule has 3 aromatic carbocycles. The molecule has 0 spiro atoms. The summed E-state index contributed by atoms with van der Waals surface area (Å²) in [6.07, 6.45) is 0. The number of hydrogen-bond donors (Lipinski definition) is 1. The first kappa shape index (κ1) is 16.3. The number of phenolic OH excluding ortho intramolecular Hbond substituents is 1. The average Bonchev–Trinajstić information content (AvgIpc) is 2.52. The number of rotatable bonds is 4. The maximum Gasteiger partial charge on any atom is 0.242 e. The number of benzene rings is 3. The van der Waals surface area contributed by atoms with Gasteiger partial charge in [0.25, 0.3) is 0 Å². The van der Waals surface area contributed by atoms with Gasteiger partial charge in [0, 0.05) is 0 Å². The van der Waals surface area contributed by atoms with E-state index in [9.17, 15) is 5.11 Å². The maximum absolute atomic E-state index is 10.4. The second-order valence-corrected chi connectivity index (χ2v) is 11.3. The zero-order valence-corrected chi connectivity index (χ0v) is 15.3. The summed E-state index contributed by atoms with van der Waals surface area (Å²) in [4.78, 5) is 0. The van der Waals surface area contributed by atoms with Crippen molar-refractivity contribution in [3.63, 3.8) is 0 Å². The summed E-state index contributed by atoms with van der Waals surface area (Å²) in [7, 11) is -1.80. The van der Waals surface area contributed by atoms with Gasteiger partial charge >= 0.3 is 0 Å². The molecule has 2 nitrogen and oxygen atoms in total. The van der Waals surface area contributed by atoms with Crippen LogP contribution < -0.4 is 0 Å². The molecule has 0 aromatic heterocycles. The van der Waals surface area contributed by atoms with Crippen molar-refractivity contribution >= 4 is 24.8 Å². The number of phenols is 1. The zero-order chi connectivity index (χ0) is 17.3. The van der Waals surface area contributed by atoms with E-state index in [1.54, 1.807) is 6.07 Å². The van der Waals surface area contributed by atoms with Crippen molar-refractivity contribution in [2.24, 2.45) is 0 Å². The summed E-state index contributed by atoms with van der Waals surface area (Å²) in [5, 5.41) is 12.8. The van der Waals surface area contributed by atoms with Gasteiger partial charge in [0.2, 0.25) is 8.32 Å². The number of fused-ring (bicyclic) bond motifs is 1. The molecular formula is C21H22O2Si. The summed E-state index contributed by atoms with van der Waals surface area (Å²) >= 11 is 0. The molecule has 3 heteroatoms. The smallest absolute Gasteiger partial charge is 0.242 e. The zero-order valence-electron chi connectivity index (χ0n) is 14.3. The highest BCUT2D eigenvalue weighted by Crippen LogP contribution is 2.37. The van der Waals surface area contributed by atoms with E-state index in [1.807, 2.05) is 24.3 Å². The van der Waals surface area contributed by atoms with E-state index in [2.05, 4.69) is 56.6 Å². The molecule has 0 aliphatic rings. The lowest BCUT2D eigenvalue weighted by Crippen LogP contribution is -2.24. The van der Waals surface area contributed by atoms with Crippen molar-refractivity contribution in [3.8, 4) is 16.9 Å². The van der Waals surface area contributed by atoms with Crippen molar-refractivity contribution in [1.29, 1.82) is 0 Å². The lowest BCUT2D eigenvalue weighted by Gasteiger charge is -2.23. The van der Waals surface area contributed by atoms with Crippen LogP contribution in [0.4, 0.5) is 0 Å². The molecule has 0 heterocycles. The van der Waals surface area contributed by atoms with Crippen molar-refractivity contribution in [1.82, 2.24) is 0 Å². The van der Waals surface area contributed by atoms with Gasteiger partial charge in [0.05, 0.1) is 5.56 Å². The molecule has 3 rings (SSSR count). The SMILES string of the molecule is C=C(O[Si](C)(C)C)c1c(O)cccc1-c1ccc2ccccc2c1. The fourth-order valence-corrected chi connectivity index (χ4v) is 3.69. The highest BCUT2D eigenvalue weighted by molar-refractivity contribution is 6.70. The predicted molar refractivity (Wildman–Crippen MR) is 105 cm³/mol. The molecular weight excluding hydrogens is 312 g/mol. The van der Waals surface area contributed by atoms with Gasteiger partial charge in [-0.3, -0.25) is 0 Å². The van der Waals surface area contributed by atoms with Crippen LogP contribution in [0.3, 0.4) is 0 Å². The third kappa shape index (κ3) is 3.36. The van der Waals surface area contributed by atoms with Gasteiger partial charge in [-0.1, -0.05) is 55.1 Å². The monoisotopic (exact) mass is 334 g/mol. The van der Waals surface area contributed by atoms with E-state index in [1.165, 1.54) is 10.8 Å². The third-order valence-corrected chi connectivity index (χ3v) is 4.67. The number of aromatic hydroxyl groups is 1. The van der Waals surface area contributed by atoms with Gasteiger partial charge in [0.1, 0.15) is 11.5 Å². The summed E-state index contributed by atoms with van der Waals surface area (Å²) in [5.74, 6) is 0.735. The fourth-order valence-electron chi connectivity index (χ4n) is 2.85. The molecule has 0 amide bonds. The molecule has 3 aromatic rings. The van der Waals surface area contributed by atoms with E-state index in [-0.39, 0.29) is 5.75 Å². The third-order valence-electron chi connectivity index (χ3n) is 3.81. The number of hydrogen-bond acceptors (Lipinski definition) is 2. The Balaban J connectivity index is 2.13. The van der Waals surface area contributed by atoms with Gasteiger partial charge in [-0.25, -0.2) is 0 Å². The van der Waals surface area contributed by atoms with Crippen LogP contribution >= 0.6 is 0 Å². The minimum Gasteiger partial charge on any atom is -0.544 e. The van der Waals surface area contributed by atoms with Crippen molar-refractivity contribution in [2.75, 3.05) is 0 Å². The minimum absolute atomic E-state index is 0.198. The predicted octanol–water partition coefficient (Wildman–Crippen LogP) is 6.03. The van der Waals surface area contributed by atoms with Crippen LogP contribution in [0.5, 0.6) is 5.75 Å². The Hall–Kier alpha value is -2.52. The normalized spacial score (nSPS) is 11.5. The van der Waals surface area contributed by atoms with Crippen LogP contribution in [0, 0.1) is 0 Å². The molecule has 0 atom stereocenters. The first-order chi connectivity index (χ1) is 11.3. The molecule has 0 saturated carbocycles. The molecule has 0 fully saturated rings. The Morgan fingerprint density at radius 3 is 2.33 bits per heavy atom. The van der Waals surface area contributed by atoms with Crippen LogP contribution in [-0.4, -0.2) is 13.4 Å². The highest BCUT2D eigenvalue weighted by atomic mass is 28.4. The van der Waals surface area contributed by atoms with E-state index >= 15 is 0 Å². The van der Waals surface area contributed by atoms with Crippen molar-refractivity contribution < 1.29 is 9.53 Å². The van der Waals surface area contributed by atoms with Gasteiger partial charge in [0.15, 0.2) is 0 Å². The molecule has 1 N–H and O–H groups in total. The van der Waals surface area contributed by atoms with E-state index in [0.717, 1.165) is 11.1 Å². The molecule has 0 unspecified atom stereocenters. The molecule has 0 aliphatic carbocycles. The van der Waals surface area contributed by atoms with Crippen LogP contribution in [-0.2, 0) is 4.43 Å². The van der Waals surface area contributed by atoms with Gasteiger partial charge in [-0.05, 0) is 53.7 Å². The van der Waals surface area contributed by atoms with Gasteiger partial charge in [-0.2, -0.15) is 0 Å². The molecule has 0 bridgehead atoms. The second kappa shape index (κ2) is 6.17. The van der Waals surface area contributed by atoms with Crippen molar-refractivity contribution in [2.45, 2.75) is 19.6 Å². The summed E-state index contributed by atoms with van der Waals surface area (Å²) in [6, 6.07) is 20.1. The van der Waals surface area contributed by atoms with Crippen LogP contribution in [0.15, 0.2) is 67.2 Å². The van der Waals surface area contributed by atoms with Crippen molar-refractivity contribution in [3.05, 3.63) is 72.8 Å². The van der Waals surface area contributed by atoms with Gasteiger partial charge < -0.3 is 9.53 Å². The van der Waals surface area contributed by atoms with Crippen LogP contribution in [0.1, 0.15) is 5.56 Å². The van der Waals surface area contributed by atoms with Crippen LogP contribution in [0.25, 0.3) is 27.7 Å². The first-order valence-electron chi connectivity index (χ1n) is 8.04. The summed E-state index contributed by atoms with van der Waals surface area (Å²) in [5.41, 5.74) is 2.65. The average molecular weight is 334 g/mol. The molecule has 0 aliphatic heterocycles. The Labute approximate surface area is 144 Å². The van der Waals surface area contributed by atoms with Gasteiger partial charge in [-0.15, -0.1) is 0 Å². The Bertz CT molecular complexity index is 907. The van der Waals surface area contributed by atoms with E-state index in [4.69, 9.17) is 4.43 Å². The Morgan fingerprint density at radius 2 is 1.62 bits per heavy atom. The molecule has 122 valence electrons. The second-order valence-electron chi connectivity index (χ2n) is 6.90. The Morgan fingerprint density at radius 1 is 0.917 bits per heavy atom. The standard InChI is InChI=1S/C21H22O2Si/c1-15(23-24(2,3)4)21-19(10-7-11-20(21)22)18-13-12-16-8-5-6-9-17(16)14-18/h5-14,22H,1H2,2-4H3. The summed E-state index contributed by atoms with van der Waals surface area (Å²) < 4.78 is 6.04. The molecule has 24 heavy (non-hydrogen) atoms. The fraction of sp³-hybridized carbons (Fsp3) is 0.143. The first-order valence-corrected chi connectivity index (χ1v) is 11.5. The largest absolute Gasteiger partial charge is 0.544 e. The molecule has 0 saturated heterocycles. The lowest BCUT2D eigenvalue weighted by molar-refractivity contribution is 0.463. The van der Waals surface area contributed by atoms with Crippen LogP contribution in [0.2, 0.25) is 19.6 Å². The highest BCUT2D eigenvalue weighted by Gasteiger charge is 2.21. The lowest BCUT2D eigenvalue weighted by atomic mass is 9.96.